The van der Waals surface area contributed by atoms with Crippen LogP contribution in [0.1, 0.15) is 58.1 Å². The van der Waals surface area contributed by atoms with Gasteiger partial charge < -0.3 is 30.6 Å². The van der Waals surface area contributed by atoms with Crippen molar-refractivity contribution in [2.45, 2.75) is 53.9 Å². The topological polar surface area (TPSA) is 130 Å². The molecule has 5 N–H and O–H groups in total. The van der Waals surface area contributed by atoms with Crippen molar-refractivity contribution in [3.63, 3.8) is 0 Å². The number of hydrogen-bond acceptors (Lipinski definition) is 8. The van der Waals surface area contributed by atoms with Crippen molar-refractivity contribution in [3.05, 3.63) is 109 Å². The number of nitrogens with zero attached hydrogens (tertiary/aromatic N) is 3. The van der Waals surface area contributed by atoms with Crippen LogP contribution in [0.15, 0.2) is 102 Å². The molecule has 0 saturated heterocycles. The van der Waals surface area contributed by atoms with E-state index in [4.69, 9.17) is 30.2 Å². The van der Waals surface area contributed by atoms with E-state index in [1.807, 2.05) is 19.1 Å². The van der Waals surface area contributed by atoms with Gasteiger partial charge in [-0.15, -0.1) is 0 Å². The fourth-order valence-electron chi connectivity index (χ4n) is 6.72. The maximum atomic E-state index is 11.3. The summed E-state index contributed by atoms with van der Waals surface area (Å²) in [6.45, 7) is 22.2. The summed E-state index contributed by atoms with van der Waals surface area (Å²) in [4.78, 5) is 19.0. The molecule has 5 aliphatic rings. The molecule has 0 fully saturated rings. The number of aromatic amines is 1. The maximum absolute atomic E-state index is 11.3. The fourth-order valence-corrected chi connectivity index (χ4v) is 6.72. The second-order valence-corrected chi connectivity index (χ2v) is 12.7. The molecule has 9 heteroatoms. The molecule has 4 aliphatic heterocycles. The van der Waals surface area contributed by atoms with E-state index in [2.05, 4.69) is 63.3 Å². The SMILES string of the molecule is C=Cc1c(C)c2[nH]c1=CC1=NC(=CC3=C(C)C4=C(O)CC(=C5N=C(C=2)C(C)=C5CCC(=C)NCCOCCOCCN)C4=N3)C(C)=C1C. The summed E-state index contributed by atoms with van der Waals surface area (Å²) in [5.74, 6) is 0.334. The summed E-state index contributed by atoms with van der Waals surface area (Å²) >= 11 is 0. The van der Waals surface area contributed by atoms with Crippen LogP contribution in [0, 0.1) is 6.92 Å². The molecule has 1 aromatic rings. The van der Waals surface area contributed by atoms with Crippen LogP contribution in [-0.2, 0) is 9.47 Å². The molecular weight excluding hydrogens is 600 g/mol. The van der Waals surface area contributed by atoms with Crippen LogP contribution >= 0.6 is 0 Å². The number of aliphatic hydroxyl groups excluding tert-OH is 1. The average molecular weight is 647 g/mol. The Hall–Kier alpha value is -4.57. The van der Waals surface area contributed by atoms with Crippen LogP contribution in [0.4, 0.5) is 0 Å². The van der Waals surface area contributed by atoms with Crippen LogP contribution in [0.2, 0.25) is 0 Å². The van der Waals surface area contributed by atoms with Gasteiger partial charge in [0.1, 0.15) is 5.76 Å². The monoisotopic (exact) mass is 646 g/mol. The number of nitrogens with one attached hydrogen (secondary N) is 2. The molecule has 0 unspecified atom stereocenters. The van der Waals surface area contributed by atoms with Crippen molar-refractivity contribution in [3.8, 4) is 0 Å². The van der Waals surface area contributed by atoms with Crippen molar-refractivity contribution in [1.82, 2.24) is 10.3 Å². The van der Waals surface area contributed by atoms with Crippen LogP contribution in [0.25, 0.3) is 18.2 Å². The quantitative estimate of drug-likeness (QED) is 0.223. The highest BCUT2D eigenvalue weighted by atomic mass is 16.5. The lowest BCUT2D eigenvalue weighted by atomic mass is 9.95. The second-order valence-electron chi connectivity index (χ2n) is 12.7. The van der Waals surface area contributed by atoms with Crippen LogP contribution in [-0.4, -0.2) is 66.7 Å². The molecular formula is C39H46N6O3. The zero-order valence-electron chi connectivity index (χ0n) is 28.8. The lowest BCUT2D eigenvalue weighted by Crippen LogP contribution is -2.20. The fraction of sp³-hybridized carbons (Fsp3) is 0.359. The van der Waals surface area contributed by atoms with Gasteiger partial charge in [-0.2, -0.15) is 0 Å². The van der Waals surface area contributed by atoms with E-state index < -0.39 is 0 Å². The molecule has 8 bridgehead atoms. The van der Waals surface area contributed by atoms with Crippen molar-refractivity contribution in [1.29, 1.82) is 0 Å². The highest BCUT2D eigenvalue weighted by Gasteiger charge is 2.37. The lowest BCUT2D eigenvalue weighted by molar-refractivity contribution is 0.0524. The van der Waals surface area contributed by atoms with E-state index in [1.54, 1.807) is 0 Å². The standard InChI is InChI=1S/C39H46N6O3/c1-8-27-24(5)32-19-33-25(6)28(10-9-21(2)41-12-14-48-16-15-47-13-11-40)38(44-33)29-17-36(46)37-26(7)34(45-39(29)37)18-30-22(3)23(4)31(42-30)20-35(27)43-32/h8,18-20,41,43,46H,1-2,9-17,40H2,3-7H3. The summed E-state index contributed by atoms with van der Waals surface area (Å²) in [6, 6.07) is 0. The second kappa shape index (κ2) is 13.9. The van der Waals surface area contributed by atoms with Crippen molar-refractivity contribution >= 4 is 35.4 Å². The number of aliphatic imine (C=N–C) groups is 3. The Balaban J connectivity index is 1.37. The molecule has 0 radical (unpaired) electrons. The van der Waals surface area contributed by atoms with E-state index in [9.17, 15) is 5.11 Å². The molecule has 0 amide bonds. The Morgan fingerprint density at radius 3 is 2.42 bits per heavy atom. The van der Waals surface area contributed by atoms with Crippen molar-refractivity contribution in [2.24, 2.45) is 20.7 Å². The first-order valence-corrected chi connectivity index (χ1v) is 16.7. The van der Waals surface area contributed by atoms with Gasteiger partial charge in [-0.1, -0.05) is 19.2 Å². The summed E-state index contributed by atoms with van der Waals surface area (Å²) < 4.78 is 11.0. The highest BCUT2D eigenvalue weighted by molar-refractivity contribution is 6.26. The lowest BCUT2D eigenvalue weighted by Gasteiger charge is -2.13. The summed E-state index contributed by atoms with van der Waals surface area (Å²) in [5, 5.41) is 16.6. The van der Waals surface area contributed by atoms with Gasteiger partial charge in [0.2, 0.25) is 0 Å². The third-order valence-electron chi connectivity index (χ3n) is 9.70. The Labute approximate surface area is 282 Å². The molecule has 1 aromatic heterocycles. The minimum Gasteiger partial charge on any atom is -0.511 e. The number of allylic oxidation sites excluding steroid dienone is 9. The third kappa shape index (κ3) is 6.21. The zero-order chi connectivity index (χ0) is 34.1. The van der Waals surface area contributed by atoms with Crippen molar-refractivity contribution < 1.29 is 14.6 Å². The van der Waals surface area contributed by atoms with Crippen LogP contribution < -0.4 is 21.7 Å². The van der Waals surface area contributed by atoms with E-state index in [-0.39, 0.29) is 0 Å². The van der Waals surface area contributed by atoms with Gasteiger partial charge in [0.05, 0.1) is 60.7 Å². The molecule has 0 spiro atoms. The molecule has 250 valence electrons. The third-order valence-corrected chi connectivity index (χ3v) is 9.70. The summed E-state index contributed by atoms with van der Waals surface area (Å²) in [5.41, 5.74) is 20.9. The minimum atomic E-state index is 0.334. The van der Waals surface area contributed by atoms with E-state index in [0.717, 1.165) is 114 Å². The van der Waals surface area contributed by atoms with Crippen LogP contribution in [0.3, 0.4) is 0 Å². The number of rotatable bonds is 13. The Bertz CT molecular complexity index is 2020. The number of aromatic nitrogens is 1. The molecule has 48 heavy (non-hydrogen) atoms. The molecule has 0 aromatic carbocycles. The molecule has 5 heterocycles. The summed E-state index contributed by atoms with van der Waals surface area (Å²) in [6.07, 6.45) is 10.0. The minimum absolute atomic E-state index is 0.334. The van der Waals surface area contributed by atoms with Crippen molar-refractivity contribution in [2.75, 3.05) is 39.5 Å². The number of H-pyrrole nitrogens is 1. The summed E-state index contributed by atoms with van der Waals surface area (Å²) in [7, 11) is 0. The number of hydrogen-bond donors (Lipinski definition) is 4. The van der Waals surface area contributed by atoms with Gasteiger partial charge in [0.15, 0.2) is 0 Å². The first kappa shape index (κ1) is 33.3. The normalized spacial score (nSPS) is 18.4. The molecule has 6 rings (SSSR count). The average Bonchev–Trinajstić information content (AvgIpc) is 3.81. The van der Waals surface area contributed by atoms with Gasteiger partial charge in [-0.3, -0.25) is 0 Å². The number of ether oxygens (including phenoxy) is 2. The maximum Gasteiger partial charge on any atom is 0.106 e. The molecule has 0 saturated carbocycles. The molecule has 9 nitrogen and oxygen atoms in total. The van der Waals surface area contributed by atoms with E-state index in [1.165, 1.54) is 0 Å². The van der Waals surface area contributed by atoms with Gasteiger partial charge >= 0.3 is 0 Å². The predicted molar refractivity (Wildman–Crippen MR) is 196 cm³/mol. The van der Waals surface area contributed by atoms with E-state index in [0.29, 0.717) is 51.7 Å². The largest absolute Gasteiger partial charge is 0.511 e. The number of aliphatic hydroxyl groups is 1. The van der Waals surface area contributed by atoms with Gasteiger partial charge in [-0.05, 0) is 99.1 Å². The number of nitrogens with two attached hydrogens (primary N) is 1. The Morgan fingerprint density at radius 1 is 0.938 bits per heavy atom. The predicted octanol–water partition coefficient (Wildman–Crippen LogP) is 5.06. The van der Waals surface area contributed by atoms with Crippen LogP contribution in [0.5, 0.6) is 0 Å². The Kier molecular flexibility index (Phi) is 9.64. The van der Waals surface area contributed by atoms with E-state index >= 15 is 0 Å². The highest BCUT2D eigenvalue weighted by Crippen LogP contribution is 2.44. The smallest absolute Gasteiger partial charge is 0.106 e. The zero-order valence-corrected chi connectivity index (χ0v) is 28.8. The first-order valence-electron chi connectivity index (χ1n) is 16.7. The molecule has 0 atom stereocenters. The van der Waals surface area contributed by atoms with Gasteiger partial charge in [-0.25, -0.2) is 15.0 Å². The molecule has 1 aliphatic carbocycles. The number of fused-ring (bicyclic) bond motifs is 5. The van der Waals surface area contributed by atoms with Gasteiger partial charge in [0, 0.05) is 52.6 Å². The first-order chi connectivity index (χ1) is 23.1. The van der Waals surface area contributed by atoms with Gasteiger partial charge in [0.25, 0.3) is 0 Å². The Morgan fingerprint density at radius 2 is 1.67 bits per heavy atom.